The quantitative estimate of drug-likeness (QED) is 0.315. The Morgan fingerprint density at radius 2 is 1.42 bits per heavy atom. The predicted octanol–water partition coefficient (Wildman–Crippen LogP) is 8.62. The summed E-state index contributed by atoms with van der Waals surface area (Å²) in [5.74, 6) is 0.666. The molecule has 0 N–H and O–H groups in total. The van der Waals surface area contributed by atoms with E-state index in [0.717, 1.165) is 29.9 Å². The Morgan fingerprint density at radius 1 is 0.818 bits per heavy atom. The molecule has 1 aliphatic rings. The van der Waals surface area contributed by atoms with Crippen molar-refractivity contribution in [3.63, 3.8) is 0 Å². The summed E-state index contributed by atoms with van der Waals surface area (Å²) < 4.78 is 35.0. The van der Waals surface area contributed by atoms with Gasteiger partial charge in [0.05, 0.1) is 6.61 Å². The van der Waals surface area contributed by atoms with Crippen LogP contribution in [0.15, 0.2) is 73.3 Å². The van der Waals surface area contributed by atoms with Gasteiger partial charge < -0.3 is 4.74 Å². The van der Waals surface area contributed by atoms with E-state index in [4.69, 9.17) is 4.74 Å². The minimum atomic E-state index is -0.770. The molecule has 3 heteroatoms. The fourth-order valence-corrected chi connectivity index (χ4v) is 4.67. The number of rotatable bonds is 8. The maximum Gasteiger partial charge on any atom is 0.166 e. The molecule has 1 aliphatic carbocycles. The van der Waals surface area contributed by atoms with Crippen LogP contribution in [0.2, 0.25) is 0 Å². The third-order valence-corrected chi connectivity index (χ3v) is 6.78. The Labute approximate surface area is 196 Å². The van der Waals surface area contributed by atoms with E-state index in [2.05, 4.69) is 12.7 Å². The van der Waals surface area contributed by atoms with E-state index in [1.807, 2.05) is 55.5 Å². The largest absolute Gasteiger partial charge is 0.493 e. The van der Waals surface area contributed by atoms with Gasteiger partial charge in [-0.3, -0.25) is 0 Å². The summed E-state index contributed by atoms with van der Waals surface area (Å²) >= 11 is 0. The molecular weight excluding hydrogens is 414 g/mol. The summed E-state index contributed by atoms with van der Waals surface area (Å²) in [6.45, 7) is 6.63. The first-order valence-electron chi connectivity index (χ1n) is 12.0. The molecule has 0 atom stereocenters. The van der Waals surface area contributed by atoms with Crippen LogP contribution in [0.4, 0.5) is 8.78 Å². The average molecular weight is 447 g/mol. The number of halogens is 2. The normalized spacial score (nSPS) is 18.2. The lowest BCUT2D eigenvalue weighted by molar-refractivity contribution is 0.195. The average Bonchev–Trinajstić information content (AvgIpc) is 2.87. The molecule has 1 fully saturated rings. The number of hydrogen-bond donors (Lipinski definition) is 0. The summed E-state index contributed by atoms with van der Waals surface area (Å²) in [6, 6.07) is 19.0. The summed E-state index contributed by atoms with van der Waals surface area (Å²) in [6.07, 6.45) is 8.24. The van der Waals surface area contributed by atoms with Crippen LogP contribution in [-0.2, 0) is 6.42 Å². The van der Waals surface area contributed by atoms with E-state index in [1.54, 1.807) is 12.1 Å². The van der Waals surface area contributed by atoms with Gasteiger partial charge in [0.1, 0.15) is 5.75 Å². The molecule has 0 amide bonds. The van der Waals surface area contributed by atoms with E-state index in [1.165, 1.54) is 25.7 Å². The van der Waals surface area contributed by atoms with E-state index in [0.29, 0.717) is 34.9 Å². The number of allylic oxidation sites excluding steroid dienone is 1. The van der Waals surface area contributed by atoms with Gasteiger partial charge in [0.15, 0.2) is 11.6 Å². The summed E-state index contributed by atoms with van der Waals surface area (Å²) in [4.78, 5) is 0. The van der Waals surface area contributed by atoms with E-state index in [-0.39, 0.29) is 0 Å². The van der Waals surface area contributed by atoms with Crippen LogP contribution in [0, 0.1) is 23.5 Å². The Morgan fingerprint density at radius 3 is 2.03 bits per heavy atom. The molecule has 0 unspecified atom stereocenters. The number of aryl methyl sites for hydroxylation is 1. The lowest BCUT2D eigenvalue weighted by Gasteiger charge is -2.26. The van der Waals surface area contributed by atoms with Crippen molar-refractivity contribution in [3.05, 3.63) is 90.5 Å². The molecule has 0 heterocycles. The molecule has 1 nitrogen and oxygen atoms in total. The Kier molecular flexibility index (Phi) is 7.59. The third-order valence-electron chi connectivity index (χ3n) is 6.78. The molecule has 3 aromatic rings. The topological polar surface area (TPSA) is 9.23 Å². The molecule has 33 heavy (non-hydrogen) atoms. The van der Waals surface area contributed by atoms with Gasteiger partial charge in [-0.25, -0.2) is 8.78 Å². The molecular formula is C30H32F2O. The third kappa shape index (κ3) is 5.52. The van der Waals surface area contributed by atoms with E-state index in [9.17, 15) is 8.78 Å². The van der Waals surface area contributed by atoms with Crippen LogP contribution in [0.3, 0.4) is 0 Å². The number of benzene rings is 3. The van der Waals surface area contributed by atoms with Crippen molar-refractivity contribution in [2.24, 2.45) is 11.8 Å². The van der Waals surface area contributed by atoms with E-state index < -0.39 is 11.6 Å². The molecule has 0 bridgehead atoms. The Bertz CT molecular complexity index is 1060. The summed E-state index contributed by atoms with van der Waals surface area (Å²) in [5, 5.41) is 0. The highest BCUT2D eigenvalue weighted by Gasteiger charge is 2.19. The molecule has 0 saturated heterocycles. The van der Waals surface area contributed by atoms with Gasteiger partial charge in [-0.1, -0.05) is 68.0 Å². The smallest absolute Gasteiger partial charge is 0.166 e. The molecule has 1 saturated carbocycles. The molecule has 3 aromatic carbocycles. The predicted molar refractivity (Wildman–Crippen MR) is 132 cm³/mol. The highest BCUT2D eigenvalue weighted by Crippen LogP contribution is 2.31. The molecule has 0 spiro atoms. The van der Waals surface area contributed by atoms with Crippen LogP contribution < -0.4 is 4.74 Å². The molecule has 0 radical (unpaired) electrons. The highest BCUT2D eigenvalue weighted by molar-refractivity contribution is 5.71. The van der Waals surface area contributed by atoms with Gasteiger partial charge in [0.25, 0.3) is 0 Å². The lowest BCUT2D eigenvalue weighted by Crippen LogP contribution is -2.19. The van der Waals surface area contributed by atoms with Gasteiger partial charge in [-0.05, 0) is 78.3 Å². The van der Waals surface area contributed by atoms with Crippen molar-refractivity contribution in [1.29, 1.82) is 0 Å². The van der Waals surface area contributed by atoms with Crippen molar-refractivity contribution in [2.75, 3.05) is 6.61 Å². The zero-order valence-electron chi connectivity index (χ0n) is 19.3. The molecule has 4 rings (SSSR count). The highest BCUT2D eigenvalue weighted by atomic mass is 19.2. The zero-order valence-corrected chi connectivity index (χ0v) is 19.3. The van der Waals surface area contributed by atoms with Crippen LogP contribution >= 0.6 is 0 Å². The molecule has 0 aromatic heterocycles. The maximum absolute atomic E-state index is 14.6. The summed E-state index contributed by atoms with van der Waals surface area (Å²) in [5.41, 5.74) is 3.48. The van der Waals surface area contributed by atoms with Crippen molar-refractivity contribution >= 4 is 0 Å². The van der Waals surface area contributed by atoms with Gasteiger partial charge in [-0.15, -0.1) is 6.58 Å². The second kappa shape index (κ2) is 10.8. The van der Waals surface area contributed by atoms with Gasteiger partial charge in [0.2, 0.25) is 0 Å². The lowest BCUT2D eigenvalue weighted by atomic mass is 9.82. The first-order valence-corrected chi connectivity index (χ1v) is 12.0. The zero-order chi connectivity index (χ0) is 23.2. The fraction of sp³-hybridized carbons (Fsp3) is 0.333. The SMILES string of the molecule is C=CC1CCC(COc2ccc(-c3ccc(-c4ccc(CCC)c(F)c4F)cc3)cc2)CC1. The van der Waals surface area contributed by atoms with Gasteiger partial charge in [0, 0.05) is 5.56 Å². The first-order chi connectivity index (χ1) is 16.1. The van der Waals surface area contributed by atoms with Crippen LogP contribution in [0.1, 0.15) is 44.6 Å². The van der Waals surface area contributed by atoms with Crippen molar-refractivity contribution in [2.45, 2.75) is 45.4 Å². The Balaban J connectivity index is 1.39. The first kappa shape index (κ1) is 23.2. The summed E-state index contributed by atoms with van der Waals surface area (Å²) in [7, 11) is 0. The second-order valence-electron chi connectivity index (χ2n) is 9.08. The van der Waals surface area contributed by atoms with Crippen LogP contribution in [-0.4, -0.2) is 6.61 Å². The van der Waals surface area contributed by atoms with Crippen molar-refractivity contribution in [3.8, 4) is 28.0 Å². The van der Waals surface area contributed by atoms with Gasteiger partial charge in [-0.2, -0.15) is 0 Å². The standard InChI is InChI=1S/C30H32F2O/c1-3-5-26-16-19-28(30(32)29(26)31)25-12-10-23(11-13-25)24-14-17-27(18-15-24)33-20-22-8-6-21(4-2)7-9-22/h4,10-19,21-22H,2-3,5-9,20H2,1H3. The van der Waals surface area contributed by atoms with Crippen LogP contribution in [0.25, 0.3) is 22.3 Å². The molecule has 172 valence electrons. The van der Waals surface area contributed by atoms with Crippen molar-refractivity contribution < 1.29 is 13.5 Å². The monoisotopic (exact) mass is 446 g/mol. The molecule has 0 aliphatic heterocycles. The second-order valence-corrected chi connectivity index (χ2v) is 9.08. The maximum atomic E-state index is 14.6. The van der Waals surface area contributed by atoms with E-state index >= 15 is 0 Å². The van der Waals surface area contributed by atoms with Gasteiger partial charge >= 0.3 is 0 Å². The van der Waals surface area contributed by atoms with Crippen LogP contribution in [0.5, 0.6) is 5.75 Å². The minimum absolute atomic E-state index is 0.296. The fourth-order valence-electron chi connectivity index (χ4n) is 4.67. The van der Waals surface area contributed by atoms with Crippen molar-refractivity contribution in [1.82, 2.24) is 0 Å². The number of hydrogen-bond acceptors (Lipinski definition) is 1. The number of ether oxygens (including phenoxy) is 1. The minimum Gasteiger partial charge on any atom is -0.493 e. The Hall–Kier alpha value is -2.94.